The first-order chi connectivity index (χ1) is 11.8. The maximum atomic E-state index is 11.6. The summed E-state index contributed by atoms with van der Waals surface area (Å²) >= 11 is 4.33. The van der Waals surface area contributed by atoms with Gasteiger partial charge in [0.1, 0.15) is 11.4 Å². The Labute approximate surface area is 151 Å². The van der Waals surface area contributed by atoms with Crippen molar-refractivity contribution in [2.45, 2.75) is 27.0 Å². The van der Waals surface area contributed by atoms with Crippen LogP contribution in [0.4, 0.5) is 0 Å². The number of thioether (sulfide) groups is 1. The summed E-state index contributed by atoms with van der Waals surface area (Å²) in [7, 11) is 0. The molecule has 2 aromatic heterocycles. The van der Waals surface area contributed by atoms with Crippen molar-refractivity contribution < 1.29 is 4.79 Å². The van der Waals surface area contributed by atoms with E-state index in [-0.39, 0.29) is 5.91 Å². The molecule has 0 saturated heterocycles. The summed E-state index contributed by atoms with van der Waals surface area (Å²) < 4.78 is 1.58. The van der Waals surface area contributed by atoms with Crippen molar-refractivity contribution in [2.75, 3.05) is 12.3 Å². The van der Waals surface area contributed by atoms with Crippen molar-refractivity contribution in [3.8, 4) is 0 Å². The van der Waals surface area contributed by atoms with Crippen molar-refractivity contribution in [3.05, 3.63) is 30.6 Å². The first kappa shape index (κ1) is 17.1. The number of para-hydroxylation sites is 1. The predicted molar refractivity (Wildman–Crippen MR) is 97.6 cm³/mol. The van der Waals surface area contributed by atoms with E-state index in [1.165, 1.54) is 34.9 Å². The second-order valence-electron chi connectivity index (χ2n) is 4.77. The van der Waals surface area contributed by atoms with Crippen LogP contribution in [-0.4, -0.2) is 38.4 Å². The van der Waals surface area contributed by atoms with Crippen LogP contribution in [0.5, 0.6) is 0 Å². The standard InChI is InChI=1S/C15H15N5OS3/c1-2-7-16-12(21)8-22-14-19-20-15(24-14)23-13-10-5-3-4-6-11(10)17-9-18-13/h3-6,9H,2,7-8H2,1H3,(H,16,21). The first-order valence-electron chi connectivity index (χ1n) is 7.37. The zero-order valence-electron chi connectivity index (χ0n) is 12.9. The fraction of sp³-hybridized carbons (Fsp3) is 0.267. The maximum Gasteiger partial charge on any atom is 0.230 e. The van der Waals surface area contributed by atoms with Crippen LogP contribution in [0.15, 0.2) is 44.3 Å². The Bertz CT molecular complexity index is 833. The van der Waals surface area contributed by atoms with E-state index in [2.05, 4.69) is 25.5 Å². The molecule has 1 N–H and O–H groups in total. The minimum absolute atomic E-state index is 0.0213. The number of carbonyl (C=O) groups excluding carboxylic acids is 1. The number of fused-ring (bicyclic) bond motifs is 1. The quantitative estimate of drug-likeness (QED) is 0.500. The Morgan fingerprint density at radius 3 is 2.92 bits per heavy atom. The molecule has 0 bridgehead atoms. The van der Waals surface area contributed by atoms with E-state index >= 15 is 0 Å². The molecule has 2 heterocycles. The highest BCUT2D eigenvalue weighted by atomic mass is 32.2. The van der Waals surface area contributed by atoms with Crippen LogP contribution in [0, 0.1) is 0 Å². The molecule has 9 heteroatoms. The smallest absolute Gasteiger partial charge is 0.230 e. The lowest BCUT2D eigenvalue weighted by Crippen LogP contribution is -2.25. The van der Waals surface area contributed by atoms with E-state index in [1.807, 2.05) is 31.2 Å². The van der Waals surface area contributed by atoms with Gasteiger partial charge in [0.2, 0.25) is 5.91 Å². The molecule has 1 aromatic carbocycles. The molecule has 0 aliphatic carbocycles. The molecule has 0 fully saturated rings. The zero-order chi connectivity index (χ0) is 16.8. The van der Waals surface area contributed by atoms with Gasteiger partial charge in [-0.1, -0.05) is 48.2 Å². The third-order valence-corrected chi connectivity index (χ3v) is 6.10. The van der Waals surface area contributed by atoms with Gasteiger partial charge in [-0.3, -0.25) is 4.79 Å². The summed E-state index contributed by atoms with van der Waals surface area (Å²) in [4.78, 5) is 20.2. The van der Waals surface area contributed by atoms with Crippen LogP contribution < -0.4 is 5.32 Å². The van der Waals surface area contributed by atoms with Gasteiger partial charge in [0.15, 0.2) is 8.68 Å². The van der Waals surface area contributed by atoms with Gasteiger partial charge in [-0.2, -0.15) is 0 Å². The second kappa shape index (κ2) is 8.41. The van der Waals surface area contributed by atoms with Gasteiger partial charge >= 0.3 is 0 Å². The van der Waals surface area contributed by atoms with E-state index in [4.69, 9.17) is 0 Å². The Morgan fingerprint density at radius 2 is 2.04 bits per heavy atom. The summed E-state index contributed by atoms with van der Waals surface area (Å²) in [6.45, 7) is 2.73. The number of amides is 1. The molecule has 0 atom stereocenters. The normalized spacial score (nSPS) is 10.9. The molecule has 0 radical (unpaired) electrons. The van der Waals surface area contributed by atoms with E-state index in [0.29, 0.717) is 12.3 Å². The number of carbonyl (C=O) groups is 1. The minimum atomic E-state index is 0.0213. The Hall–Kier alpha value is -1.71. The van der Waals surface area contributed by atoms with Crippen LogP contribution in [-0.2, 0) is 4.79 Å². The Balaban J connectivity index is 1.64. The summed E-state index contributed by atoms with van der Waals surface area (Å²) in [5, 5.41) is 13.0. The fourth-order valence-corrected chi connectivity index (χ4v) is 4.73. The monoisotopic (exact) mass is 377 g/mol. The molecule has 0 aliphatic rings. The second-order valence-corrected chi connectivity index (χ2v) is 8.21. The average molecular weight is 378 g/mol. The molecule has 3 aromatic rings. The number of hydrogen-bond donors (Lipinski definition) is 1. The highest BCUT2D eigenvalue weighted by Crippen LogP contribution is 2.35. The number of benzene rings is 1. The largest absolute Gasteiger partial charge is 0.355 e. The van der Waals surface area contributed by atoms with Crippen molar-refractivity contribution in [2.24, 2.45) is 0 Å². The summed E-state index contributed by atoms with van der Waals surface area (Å²) in [5.74, 6) is 0.378. The molecule has 0 saturated carbocycles. The number of rotatable bonds is 7. The third-order valence-electron chi connectivity index (χ3n) is 2.98. The van der Waals surface area contributed by atoms with Gasteiger partial charge in [-0.05, 0) is 24.2 Å². The van der Waals surface area contributed by atoms with Crippen LogP contribution >= 0.6 is 34.9 Å². The highest BCUT2D eigenvalue weighted by Gasteiger charge is 2.11. The maximum absolute atomic E-state index is 11.6. The molecule has 124 valence electrons. The summed E-state index contributed by atoms with van der Waals surface area (Å²) in [6.07, 6.45) is 2.49. The van der Waals surface area contributed by atoms with Crippen LogP contribution in [0.3, 0.4) is 0 Å². The molecular formula is C15H15N5OS3. The molecular weight excluding hydrogens is 362 g/mol. The summed E-state index contributed by atoms with van der Waals surface area (Å²) in [5.41, 5.74) is 0.904. The van der Waals surface area contributed by atoms with Crippen LogP contribution in [0.2, 0.25) is 0 Å². The van der Waals surface area contributed by atoms with Crippen molar-refractivity contribution in [1.82, 2.24) is 25.5 Å². The van der Waals surface area contributed by atoms with E-state index in [1.54, 1.807) is 6.33 Å². The molecule has 0 unspecified atom stereocenters. The highest BCUT2D eigenvalue weighted by molar-refractivity contribution is 8.03. The number of aromatic nitrogens is 4. The SMILES string of the molecule is CCCNC(=O)CSc1nnc(Sc2ncnc3ccccc23)s1. The number of nitrogens with zero attached hydrogens (tertiary/aromatic N) is 4. The lowest BCUT2D eigenvalue weighted by atomic mass is 10.2. The molecule has 3 rings (SSSR count). The van der Waals surface area contributed by atoms with Gasteiger partial charge < -0.3 is 5.32 Å². The van der Waals surface area contributed by atoms with Crippen LogP contribution in [0.25, 0.3) is 10.9 Å². The first-order valence-corrected chi connectivity index (χ1v) is 9.98. The van der Waals surface area contributed by atoms with E-state index in [9.17, 15) is 4.79 Å². The van der Waals surface area contributed by atoms with Crippen LogP contribution in [0.1, 0.15) is 13.3 Å². The molecule has 1 amide bonds. The van der Waals surface area contributed by atoms with Gasteiger partial charge in [0.25, 0.3) is 0 Å². The summed E-state index contributed by atoms with van der Waals surface area (Å²) in [6, 6.07) is 7.86. The van der Waals surface area contributed by atoms with Crippen molar-refractivity contribution in [1.29, 1.82) is 0 Å². The van der Waals surface area contributed by atoms with Crippen molar-refractivity contribution >= 4 is 51.7 Å². The molecule has 0 spiro atoms. The van der Waals surface area contributed by atoms with E-state index in [0.717, 1.165) is 31.0 Å². The third kappa shape index (κ3) is 4.43. The lowest BCUT2D eigenvalue weighted by molar-refractivity contribution is -0.118. The zero-order valence-corrected chi connectivity index (χ0v) is 15.4. The number of nitrogens with one attached hydrogen (secondary N) is 1. The topological polar surface area (TPSA) is 80.7 Å². The van der Waals surface area contributed by atoms with Gasteiger partial charge in [0, 0.05) is 11.9 Å². The van der Waals surface area contributed by atoms with Gasteiger partial charge in [-0.25, -0.2) is 9.97 Å². The Kier molecular flexibility index (Phi) is 6.00. The molecule has 6 nitrogen and oxygen atoms in total. The van der Waals surface area contributed by atoms with Gasteiger partial charge in [0.05, 0.1) is 11.3 Å². The van der Waals surface area contributed by atoms with Crippen molar-refractivity contribution in [3.63, 3.8) is 0 Å². The molecule has 24 heavy (non-hydrogen) atoms. The Morgan fingerprint density at radius 1 is 1.21 bits per heavy atom. The predicted octanol–water partition coefficient (Wildman–Crippen LogP) is 3.25. The van der Waals surface area contributed by atoms with Gasteiger partial charge in [-0.15, -0.1) is 10.2 Å². The fourth-order valence-electron chi connectivity index (χ4n) is 1.88. The van der Waals surface area contributed by atoms with E-state index < -0.39 is 0 Å². The molecule has 0 aliphatic heterocycles. The average Bonchev–Trinajstić information content (AvgIpc) is 3.06. The number of hydrogen-bond acceptors (Lipinski definition) is 8. The lowest BCUT2D eigenvalue weighted by Gasteiger charge is -2.01. The minimum Gasteiger partial charge on any atom is -0.355 e.